The highest BCUT2D eigenvalue weighted by atomic mass is 32.2. The molecule has 2 aromatic rings. The number of rotatable bonds is 3. The number of amides is 2. The zero-order chi connectivity index (χ0) is 15.4. The van der Waals surface area contributed by atoms with Crippen LogP contribution in [0.1, 0.15) is 5.56 Å². The fourth-order valence-electron chi connectivity index (χ4n) is 1.83. The van der Waals surface area contributed by atoms with Crippen LogP contribution in [0.2, 0.25) is 0 Å². The lowest BCUT2D eigenvalue weighted by Gasteiger charge is -2.10. The van der Waals surface area contributed by atoms with Gasteiger partial charge in [0, 0.05) is 33.3 Å². The predicted octanol–water partition coefficient (Wildman–Crippen LogP) is 3.08. The van der Waals surface area contributed by atoms with Gasteiger partial charge in [-0.1, -0.05) is 6.07 Å². The van der Waals surface area contributed by atoms with Crippen LogP contribution in [0.25, 0.3) is 0 Å². The maximum Gasteiger partial charge on any atom is 0.323 e. The summed E-state index contributed by atoms with van der Waals surface area (Å²) in [5.41, 5.74) is 1.94. The Morgan fingerprint density at radius 2 is 1.90 bits per heavy atom. The molecule has 0 aliphatic carbocycles. The van der Waals surface area contributed by atoms with E-state index in [4.69, 9.17) is 0 Å². The zero-order valence-corrected chi connectivity index (χ0v) is 12.5. The summed E-state index contributed by atoms with van der Waals surface area (Å²) in [5.74, 6) is 0.150. The number of urea groups is 1. The maximum absolute atomic E-state index is 11.9. The van der Waals surface area contributed by atoms with Gasteiger partial charge in [0.1, 0.15) is 5.75 Å². The van der Waals surface area contributed by atoms with Gasteiger partial charge in [-0.25, -0.2) is 4.79 Å². The van der Waals surface area contributed by atoms with Crippen LogP contribution < -0.4 is 10.6 Å². The number of carbonyl (C=O) groups excluding carboxylic acids is 1. The summed E-state index contributed by atoms with van der Waals surface area (Å²) in [5, 5.41) is 14.7. The number of anilines is 2. The van der Waals surface area contributed by atoms with Crippen molar-refractivity contribution in [1.82, 2.24) is 0 Å². The van der Waals surface area contributed by atoms with Gasteiger partial charge in [-0.05, 0) is 48.9 Å². The standard InChI is InChI=1S/C15H16N2O3S/c1-10-8-12(18)6-7-14(10)17-15(19)16-11-4-3-5-13(9-11)21(2)20/h3-9,18H,1-2H3,(H2,16,17,19). The molecule has 110 valence electrons. The molecule has 0 spiro atoms. The van der Waals surface area contributed by atoms with Gasteiger partial charge in [-0.2, -0.15) is 0 Å². The number of phenolic OH excluding ortho intramolecular Hbond substituents is 1. The van der Waals surface area contributed by atoms with E-state index in [2.05, 4.69) is 10.6 Å². The summed E-state index contributed by atoms with van der Waals surface area (Å²) >= 11 is 0. The topological polar surface area (TPSA) is 78.4 Å². The summed E-state index contributed by atoms with van der Waals surface area (Å²) < 4.78 is 11.4. The van der Waals surface area contributed by atoms with Crippen LogP contribution in [0.5, 0.6) is 5.75 Å². The van der Waals surface area contributed by atoms with Crippen molar-refractivity contribution >= 4 is 28.2 Å². The Kier molecular flexibility index (Phi) is 4.59. The fraction of sp³-hybridized carbons (Fsp3) is 0.133. The van der Waals surface area contributed by atoms with Gasteiger partial charge in [-0.3, -0.25) is 4.21 Å². The van der Waals surface area contributed by atoms with Crippen molar-refractivity contribution in [2.24, 2.45) is 0 Å². The molecule has 21 heavy (non-hydrogen) atoms. The summed E-state index contributed by atoms with van der Waals surface area (Å²) in [6, 6.07) is 11.2. The molecule has 0 heterocycles. The second-order valence-corrected chi connectivity index (χ2v) is 5.94. The summed E-state index contributed by atoms with van der Waals surface area (Å²) in [7, 11) is -1.10. The number of phenols is 1. The number of aryl methyl sites for hydroxylation is 1. The van der Waals surface area contributed by atoms with E-state index in [0.29, 0.717) is 16.3 Å². The third-order valence-electron chi connectivity index (χ3n) is 2.88. The molecule has 0 bridgehead atoms. The highest BCUT2D eigenvalue weighted by Crippen LogP contribution is 2.20. The van der Waals surface area contributed by atoms with E-state index in [1.807, 2.05) is 0 Å². The Bertz CT molecular complexity index is 701. The van der Waals surface area contributed by atoms with E-state index in [0.717, 1.165) is 5.56 Å². The van der Waals surface area contributed by atoms with Gasteiger partial charge in [-0.15, -0.1) is 0 Å². The highest BCUT2D eigenvalue weighted by molar-refractivity contribution is 7.84. The lowest BCUT2D eigenvalue weighted by molar-refractivity contribution is 0.262. The normalized spacial score (nSPS) is 11.7. The Morgan fingerprint density at radius 3 is 2.57 bits per heavy atom. The molecule has 0 fully saturated rings. The van der Waals surface area contributed by atoms with E-state index < -0.39 is 16.8 Å². The number of carbonyl (C=O) groups is 1. The molecule has 1 unspecified atom stereocenters. The minimum Gasteiger partial charge on any atom is -0.508 e. The summed E-state index contributed by atoms with van der Waals surface area (Å²) in [6.07, 6.45) is 1.58. The molecule has 0 radical (unpaired) electrons. The van der Waals surface area contributed by atoms with Crippen LogP contribution in [0.4, 0.5) is 16.2 Å². The third kappa shape index (κ3) is 4.06. The highest BCUT2D eigenvalue weighted by Gasteiger charge is 2.06. The average molecular weight is 304 g/mol. The SMILES string of the molecule is Cc1cc(O)ccc1NC(=O)Nc1cccc(S(C)=O)c1. The van der Waals surface area contributed by atoms with Crippen molar-refractivity contribution in [2.45, 2.75) is 11.8 Å². The first-order valence-corrected chi connectivity index (χ1v) is 7.82. The largest absolute Gasteiger partial charge is 0.508 e. The lowest BCUT2D eigenvalue weighted by Crippen LogP contribution is -2.20. The second-order valence-electron chi connectivity index (χ2n) is 4.56. The summed E-state index contributed by atoms with van der Waals surface area (Å²) in [6.45, 7) is 1.79. The molecule has 5 nitrogen and oxygen atoms in total. The minimum absolute atomic E-state index is 0.150. The number of hydrogen-bond acceptors (Lipinski definition) is 3. The Hall–Kier alpha value is -2.34. The van der Waals surface area contributed by atoms with Crippen molar-refractivity contribution in [3.8, 4) is 5.75 Å². The molecular formula is C15H16N2O3S. The monoisotopic (exact) mass is 304 g/mol. The van der Waals surface area contributed by atoms with E-state index >= 15 is 0 Å². The number of nitrogens with one attached hydrogen (secondary N) is 2. The van der Waals surface area contributed by atoms with Crippen LogP contribution in [0.15, 0.2) is 47.4 Å². The number of benzene rings is 2. The predicted molar refractivity (Wildman–Crippen MR) is 84.3 cm³/mol. The summed E-state index contributed by atoms with van der Waals surface area (Å²) in [4.78, 5) is 12.6. The first kappa shape index (κ1) is 15.1. The zero-order valence-electron chi connectivity index (χ0n) is 11.7. The van der Waals surface area contributed by atoms with Crippen LogP contribution in [-0.4, -0.2) is 21.6 Å². The molecule has 6 heteroatoms. The van der Waals surface area contributed by atoms with Crippen molar-refractivity contribution in [1.29, 1.82) is 0 Å². The van der Waals surface area contributed by atoms with Gasteiger partial charge >= 0.3 is 6.03 Å². The first-order chi connectivity index (χ1) is 9.95. The molecule has 3 N–H and O–H groups in total. The van der Waals surface area contributed by atoms with Gasteiger partial charge < -0.3 is 15.7 Å². The lowest BCUT2D eigenvalue weighted by atomic mass is 10.2. The molecule has 0 aliphatic heterocycles. The van der Waals surface area contributed by atoms with E-state index in [1.165, 1.54) is 6.07 Å². The molecular weight excluding hydrogens is 288 g/mol. The quantitative estimate of drug-likeness (QED) is 0.762. The van der Waals surface area contributed by atoms with E-state index in [1.54, 1.807) is 49.6 Å². The van der Waals surface area contributed by atoms with Gasteiger partial charge in [0.25, 0.3) is 0 Å². The van der Waals surface area contributed by atoms with Crippen LogP contribution in [-0.2, 0) is 10.8 Å². The van der Waals surface area contributed by atoms with Crippen molar-refractivity contribution in [3.63, 3.8) is 0 Å². The molecule has 1 atom stereocenters. The average Bonchev–Trinajstić information content (AvgIpc) is 2.42. The maximum atomic E-state index is 11.9. The van der Waals surface area contributed by atoms with E-state index in [9.17, 15) is 14.1 Å². The molecule has 0 saturated carbocycles. The van der Waals surface area contributed by atoms with Crippen LogP contribution in [0.3, 0.4) is 0 Å². The van der Waals surface area contributed by atoms with Crippen LogP contribution in [0, 0.1) is 6.92 Å². The Balaban J connectivity index is 2.08. The van der Waals surface area contributed by atoms with Crippen molar-refractivity contribution in [3.05, 3.63) is 48.0 Å². The number of hydrogen-bond donors (Lipinski definition) is 3. The van der Waals surface area contributed by atoms with E-state index in [-0.39, 0.29) is 5.75 Å². The molecule has 0 saturated heterocycles. The van der Waals surface area contributed by atoms with Gasteiger partial charge in [0.2, 0.25) is 0 Å². The Labute approximate surface area is 125 Å². The van der Waals surface area contributed by atoms with Crippen molar-refractivity contribution < 1.29 is 14.1 Å². The van der Waals surface area contributed by atoms with Crippen LogP contribution >= 0.6 is 0 Å². The minimum atomic E-state index is -1.10. The van der Waals surface area contributed by atoms with Gasteiger partial charge in [0.05, 0.1) is 0 Å². The van der Waals surface area contributed by atoms with Crippen molar-refractivity contribution in [2.75, 3.05) is 16.9 Å². The number of aromatic hydroxyl groups is 1. The molecule has 2 aromatic carbocycles. The van der Waals surface area contributed by atoms with Gasteiger partial charge in [0.15, 0.2) is 0 Å². The molecule has 0 aromatic heterocycles. The first-order valence-electron chi connectivity index (χ1n) is 6.27. The molecule has 0 aliphatic rings. The molecule has 2 amide bonds. The molecule has 2 rings (SSSR count). The smallest absolute Gasteiger partial charge is 0.323 e. The third-order valence-corrected chi connectivity index (χ3v) is 3.80. The second kappa shape index (κ2) is 6.41. The Morgan fingerprint density at radius 1 is 1.14 bits per heavy atom. The fourth-order valence-corrected chi connectivity index (χ4v) is 2.39.